The van der Waals surface area contributed by atoms with E-state index in [0.29, 0.717) is 22.8 Å². The van der Waals surface area contributed by atoms with Crippen molar-refractivity contribution in [1.29, 1.82) is 0 Å². The lowest BCUT2D eigenvalue weighted by Crippen LogP contribution is -2.28. The molecule has 2 aromatic heterocycles. The van der Waals surface area contributed by atoms with E-state index in [1.807, 2.05) is 18.4 Å². The zero-order valence-corrected chi connectivity index (χ0v) is 18.1. The first-order valence-corrected chi connectivity index (χ1v) is 10.4. The molecule has 160 valence electrons. The number of aliphatic hydroxyl groups excluding tert-OH is 1. The standard InChI is InChI=1S/C23H21NO6S/c1-13-8-10-31-22(13)19-18(20(25)16-7-6-14(28-2)11-17(16)29-3)21(26)23(27)24(19)12-15-5-4-9-30-15/h4-11,19,25H,12H2,1-3H3/b20-18+. The maximum Gasteiger partial charge on any atom is 0.296 e. The highest BCUT2D eigenvalue weighted by molar-refractivity contribution is 7.10. The second-order valence-electron chi connectivity index (χ2n) is 7.04. The van der Waals surface area contributed by atoms with Gasteiger partial charge in [0.15, 0.2) is 0 Å². The van der Waals surface area contributed by atoms with Gasteiger partial charge in [-0.15, -0.1) is 11.3 Å². The molecule has 1 aromatic carbocycles. The molecule has 1 aliphatic rings. The topological polar surface area (TPSA) is 89.2 Å². The smallest absolute Gasteiger partial charge is 0.296 e. The molecule has 1 N–H and O–H groups in total. The molecule has 1 fully saturated rings. The predicted octanol–water partition coefficient (Wildman–Crippen LogP) is 4.29. The van der Waals surface area contributed by atoms with Crippen molar-refractivity contribution < 1.29 is 28.6 Å². The Morgan fingerprint density at radius 3 is 2.61 bits per heavy atom. The lowest BCUT2D eigenvalue weighted by molar-refractivity contribution is -0.140. The van der Waals surface area contributed by atoms with Crippen LogP contribution in [-0.4, -0.2) is 35.9 Å². The van der Waals surface area contributed by atoms with Gasteiger partial charge in [0.2, 0.25) is 0 Å². The van der Waals surface area contributed by atoms with Crippen molar-refractivity contribution in [2.75, 3.05) is 14.2 Å². The van der Waals surface area contributed by atoms with Crippen LogP contribution < -0.4 is 9.47 Å². The molecule has 1 atom stereocenters. The average molecular weight is 439 g/mol. The molecule has 8 heteroatoms. The summed E-state index contributed by atoms with van der Waals surface area (Å²) in [6, 6.07) is 9.51. The van der Waals surface area contributed by atoms with Crippen LogP contribution >= 0.6 is 11.3 Å². The Balaban J connectivity index is 1.89. The van der Waals surface area contributed by atoms with E-state index in [9.17, 15) is 14.7 Å². The number of nitrogens with zero attached hydrogens (tertiary/aromatic N) is 1. The first-order valence-electron chi connectivity index (χ1n) is 9.53. The van der Waals surface area contributed by atoms with Gasteiger partial charge in [0.1, 0.15) is 29.1 Å². The van der Waals surface area contributed by atoms with E-state index in [1.54, 1.807) is 30.3 Å². The lowest BCUT2D eigenvalue weighted by atomic mass is 9.98. The molecule has 1 aliphatic heterocycles. The molecule has 0 spiro atoms. The van der Waals surface area contributed by atoms with Crippen molar-refractivity contribution in [3.63, 3.8) is 0 Å². The third kappa shape index (κ3) is 3.59. The van der Waals surface area contributed by atoms with Crippen molar-refractivity contribution in [1.82, 2.24) is 4.90 Å². The summed E-state index contributed by atoms with van der Waals surface area (Å²) in [5.41, 5.74) is 1.25. The zero-order valence-electron chi connectivity index (χ0n) is 17.2. The van der Waals surface area contributed by atoms with Gasteiger partial charge in [-0.3, -0.25) is 9.59 Å². The molecule has 0 aliphatic carbocycles. The highest BCUT2D eigenvalue weighted by atomic mass is 32.1. The maximum atomic E-state index is 13.1. The normalized spacial score (nSPS) is 17.9. The maximum absolute atomic E-state index is 13.1. The number of aryl methyl sites for hydroxylation is 1. The molecule has 1 saturated heterocycles. The Morgan fingerprint density at radius 2 is 2.00 bits per heavy atom. The highest BCUT2D eigenvalue weighted by Gasteiger charge is 2.47. The van der Waals surface area contributed by atoms with Crippen molar-refractivity contribution in [3.8, 4) is 11.5 Å². The first kappa shape index (κ1) is 20.7. The number of hydrogen-bond acceptors (Lipinski definition) is 7. The van der Waals surface area contributed by atoms with Gasteiger partial charge in [0.05, 0.1) is 38.2 Å². The second-order valence-corrected chi connectivity index (χ2v) is 7.99. The van der Waals surface area contributed by atoms with Crippen LogP contribution in [0, 0.1) is 6.92 Å². The van der Waals surface area contributed by atoms with E-state index in [4.69, 9.17) is 13.9 Å². The van der Waals surface area contributed by atoms with Gasteiger partial charge in [-0.25, -0.2) is 0 Å². The minimum absolute atomic E-state index is 0.0190. The van der Waals surface area contributed by atoms with Gasteiger partial charge >= 0.3 is 0 Å². The van der Waals surface area contributed by atoms with E-state index in [2.05, 4.69) is 0 Å². The van der Waals surface area contributed by atoms with Gasteiger partial charge < -0.3 is 23.9 Å². The number of amides is 1. The Kier molecular flexibility index (Phi) is 5.56. The van der Waals surface area contributed by atoms with E-state index in [0.717, 1.165) is 10.4 Å². The Hall–Kier alpha value is -3.52. The molecule has 0 radical (unpaired) electrons. The third-order valence-electron chi connectivity index (χ3n) is 5.26. The number of likely N-dealkylation sites (tertiary alicyclic amines) is 1. The monoisotopic (exact) mass is 439 g/mol. The minimum atomic E-state index is -0.750. The molecule has 31 heavy (non-hydrogen) atoms. The number of aliphatic hydroxyl groups is 1. The molecule has 1 amide bonds. The van der Waals surface area contributed by atoms with Crippen LogP contribution in [0.4, 0.5) is 0 Å². The molecule has 1 unspecified atom stereocenters. The lowest BCUT2D eigenvalue weighted by Gasteiger charge is -2.24. The largest absolute Gasteiger partial charge is 0.507 e. The van der Waals surface area contributed by atoms with Gasteiger partial charge in [0, 0.05) is 10.9 Å². The summed E-state index contributed by atoms with van der Waals surface area (Å²) in [7, 11) is 2.98. The van der Waals surface area contributed by atoms with E-state index in [1.165, 1.54) is 36.7 Å². The van der Waals surface area contributed by atoms with Crippen molar-refractivity contribution >= 4 is 28.8 Å². The molecule has 0 saturated carbocycles. The number of carbonyl (C=O) groups is 2. The fourth-order valence-corrected chi connectivity index (χ4v) is 4.74. The summed E-state index contributed by atoms with van der Waals surface area (Å²) in [6.07, 6.45) is 1.51. The van der Waals surface area contributed by atoms with Crippen LogP contribution in [0.25, 0.3) is 5.76 Å². The molecular formula is C23H21NO6S. The highest BCUT2D eigenvalue weighted by Crippen LogP contribution is 2.44. The van der Waals surface area contributed by atoms with Crippen LogP contribution in [0.1, 0.15) is 27.8 Å². The molecular weight excluding hydrogens is 418 g/mol. The fraction of sp³-hybridized carbons (Fsp3) is 0.217. The molecule has 4 rings (SSSR count). The summed E-state index contributed by atoms with van der Waals surface area (Å²) in [4.78, 5) is 28.3. The number of ketones is 1. The van der Waals surface area contributed by atoms with E-state index < -0.39 is 17.7 Å². The summed E-state index contributed by atoms with van der Waals surface area (Å²) in [5.74, 6) is -0.322. The van der Waals surface area contributed by atoms with E-state index in [-0.39, 0.29) is 17.9 Å². The summed E-state index contributed by atoms with van der Waals surface area (Å²) < 4.78 is 16.0. The van der Waals surface area contributed by atoms with Gasteiger partial charge in [-0.2, -0.15) is 0 Å². The number of Topliss-reactive ketones (excluding diaryl/α,β-unsaturated/α-hetero) is 1. The van der Waals surface area contributed by atoms with Crippen molar-refractivity contribution in [2.45, 2.75) is 19.5 Å². The number of rotatable bonds is 6. The molecule has 3 heterocycles. The fourth-order valence-electron chi connectivity index (χ4n) is 3.69. The predicted molar refractivity (Wildman–Crippen MR) is 115 cm³/mol. The van der Waals surface area contributed by atoms with Crippen LogP contribution in [0.15, 0.2) is 58.0 Å². The van der Waals surface area contributed by atoms with Crippen LogP contribution in [0.5, 0.6) is 11.5 Å². The number of carbonyl (C=O) groups excluding carboxylic acids is 2. The summed E-state index contributed by atoms with van der Waals surface area (Å²) in [6.45, 7) is 2.02. The summed E-state index contributed by atoms with van der Waals surface area (Å²) in [5, 5.41) is 13.1. The average Bonchev–Trinajstić information content (AvgIpc) is 3.50. The van der Waals surface area contributed by atoms with Gasteiger partial charge in [-0.1, -0.05) is 0 Å². The molecule has 3 aromatic rings. The Morgan fingerprint density at radius 1 is 1.19 bits per heavy atom. The number of hydrogen-bond donors (Lipinski definition) is 1. The number of ether oxygens (including phenoxy) is 2. The van der Waals surface area contributed by atoms with Gasteiger partial charge in [0.25, 0.3) is 11.7 Å². The minimum Gasteiger partial charge on any atom is -0.507 e. The summed E-state index contributed by atoms with van der Waals surface area (Å²) >= 11 is 1.43. The van der Waals surface area contributed by atoms with Crippen molar-refractivity contribution in [3.05, 3.63) is 75.4 Å². The third-order valence-corrected chi connectivity index (χ3v) is 6.33. The van der Waals surface area contributed by atoms with E-state index >= 15 is 0 Å². The second kappa shape index (κ2) is 8.31. The zero-order chi connectivity index (χ0) is 22.1. The van der Waals surface area contributed by atoms with Crippen LogP contribution in [-0.2, 0) is 16.1 Å². The van der Waals surface area contributed by atoms with Crippen molar-refractivity contribution in [2.24, 2.45) is 0 Å². The van der Waals surface area contributed by atoms with Crippen LogP contribution in [0.3, 0.4) is 0 Å². The number of methoxy groups -OCH3 is 2. The Bertz CT molecular complexity index is 1160. The number of furan rings is 1. The van der Waals surface area contributed by atoms with Gasteiger partial charge in [-0.05, 0) is 48.2 Å². The SMILES string of the molecule is COc1ccc(/C(O)=C2\C(=O)C(=O)N(Cc3ccco3)C2c2sccc2C)c(OC)c1. The quantitative estimate of drug-likeness (QED) is 0.350. The van der Waals surface area contributed by atoms with Crippen LogP contribution in [0.2, 0.25) is 0 Å². The molecule has 7 nitrogen and oxygen atoms in total. The number of thiophene rings is 1. The number of benzene rings is 1. The first-order chi connectivity index (χ1) is 15.0. The Labute approximate surface area is 183 Å². The molecule has 0 bridgehead atoms.